The first-order valence-corrected chi connectivity index (χ1v) is 9.93. The van der Waals surface area contributed by atoms with E-state index >= 15 is 0 Å². The molecule has 1 aromatic rings. The molecule has 21 heavy (non-hydrogen) atoms. The van der Waals surface area contributed by atoms with E-state index in [2.05, 4.69) is 19.2 Å². The first kappa shape index (κ1) is 16.9. The van der Waals surface area contributed by atoms with E-state index in [1.807, 2.05) is 6.07 Å². The van der Waals surface area contributed by atoms with Gasteiger partial charge in [0.1, 0.15) is 4.21 Å². The fourth-order valence-corrected chi connectivity index (χ4v) is 5.22. The third-order valence-electron chi connectivity index (χ3n) is 3.97. The van der Waals surface area contributed by atoms with Crippen molar-refractivity contribution in [3.63, 3.8) is 0 Å². The third-order valence-corrected chi connectivity index (χ3v) is 7.40. The second kappa shape index (κ2) is 7.22. The Morgan fingerprint density at radius 2 is 2.10 bits per heavy atom. The van der Waals surface area contributed by atoms with Crippen LogP contribution in [-0.2, 0) is 16.4 Å². The van der Waals surface area contributed by atoms with Crippen LogP contribution in [0.5, 0.6) is 0 Å². The molecule has 1 aliphatic carbocycles. The van der Waals surface area contributed by atoms with Crippen molar-refractivity contribution < 1.29 is 8.42 Å². The molecule has 1 N–H and O–H groups in total. The van der Waals surface area contributed by atoms with E-state index in [-0.39, 0.29) is 0 Å². The maximum absolute atomic E-state index is 12.5. The molecule has 120 valence electrons. The Bertz CT molecular complexity index is 548. The average molecular weight is 331 g/mol. The number of hydrogen-bond acceptors (Lipinski definition) is 4. The molecule has 0 bridgehead atoms. The highest BCUT2D eigenvalue weighted by Crippen LogP contribution is 2.30. The Morgan fingerprint density at radius 3 is 2.67 bits per heavy atom. The van der Waals surface area contributed by atoms with Crippen molar-refractivity contribution in [2.24, 2.45) is 5.92 Å². The van der Waals surface area contributed by atoms with E-state index in [9.17, 15) is 8.42 Å². The number of nitrogens with zero attached hydrogens (tertiary/aromatic N) is 1. The number of rotatable bonds is 8. The predicted molar refractivity (Wildman–Crippen MR) is 88.3 cm³/mol. The Kier molecular flexibility index (Phi) is 5.82. The smallest absolute Gasteiger partial charge is 0.252 e. The number of nitrogens with one attached hydrogen (secondary N) is 1. The first-order chi connectivity index (χ1) is 9.89. The molecule has 2 rings (SSSR count). The molecular formula is C15H26N2O2S2. The molecule has 1 aromatic heterocycles. The summed E-state index contributed by atoms with van der Waals surface area (Å²) >= 11 is 1.40. The van der Waals surface area contributed by atoms with Crippen molar-refractivity contribution in [2.75, 3.05) is 20.1 Å². The van der Waals surface area contributed by atoms with Gasteiger partial charge in [-0.1, -0.05) is 20.3 Å². The highest BCUT2D eigenvalue weighted by Gasteiger charge is 2.27. The van der Waals surface area contributed by atoms with Crippen molar-refractivity contribution in [3.8, 4) is 0 Å². The summed E-state index contributed by atoms with van der Waals surface area (Å²) in [7, 11) is -1.60. The van der Waals surface area contributed by atoms with Crippen LogP contribution in [0, 0.1) is 5.92 Å². The van der Waals surface area contributed by atoms with Gasteiger partial charge in [-0.2, -0.15) is 4.31 Å². The molecular weight excluding hydrogens is 304 g/mol. The maximum Gasteiger partial charge on any atom is 0.252 e. The molecule has 0 unspecified atom stereocenters. The zero-order valence-corrected chi connectivity index (χ0v) is 14.8. The summed E-state index contributed by atoms with van der Waals surface area (Å²) in [6.07, 6.45) is 4.45. The van der Waals surface area contributed by atoms with Crippen molar-refractivity contribution in [3.05, 3.63) is 17.0 Å². The largest absolute Gasteiger partial charge is 0.314 e. The Balaban J connectivity index is 1.94. The monoisotopic (exact) mass is 330 g/mol. The van der Waals surface area contributed by atoms with Crippen molar-refractivity contribution in [1.82, 2.24) is 9.62 Å². The number of thiophene rings is 1. The fraction of sp³-hybridized carbons (Fsp3) is 0.733. The minimum atomic E-state index is -3.30. The Morgan fingerprint density at radius 1 is 1.38 bits per heavy atom. The highest BCUT2D eigenvalue weighted by molar-refractivity contribution is 7.91. The molecule has 1 saturated carbocycles. The van der Waals surface area contributed by atoms with Crippen LogP contribution in [0.2, 0.25) is 0 Å². The lowest BCUT2D eigenvalue weighted by molar-refractivity contribution is 0.263. The van der Waals surface area contributed by atoms with E-state index < -0.39 is 10.0 Å². The van der Waals surface area contributed by atoms with Gasteiger partial charge in [-0.3, -0.25) is 0 Å². The molecule has 1 aliphatic rings. The zero-order chi connectivity index (χ0) is 15.5. The van der Waals surface area contributed by atoms with Gasteiger partial charge in [0.05, 0.1) is 0 Å². The lowest BCUT2D eigenvalue weighted by Crippen LogP contribution is -2.33. The van der Waals surface area contributed by atoms with E-state index in [4.69, 9.17) is 0 Å². The molecule has 0 aromatic carbocycles. The highest BCUT2D eigenvalue weighted by atomic mass is 32.2. The maximum atomic E-state index is 12.5. The lowest BCUT2D eigenvalue weighted by atomic mass is 9.86. The van der Waals surface area contributed by atoms with Gasteiger partial charge < -0.3 is 5.32 Å². The van der Waals surface area contributed by atoms with Gasteiger partial charge in [-0.15, -0.1) is 11.3 Å². The third kappa shape index (κ3) is 4.52. The van der Waals surface area contributed by atoms with E-state index in [1.54, 1.807) is 13.1 Å². The van der Waals surface area contributed by atoms with Crippen molar-refractivity contribution in [1.29, 1.82) is 0 Å². The molecule has 0 atom stereocenters. The molecule has 1 heterocycles. The Labute approximate surface area is 132 Å². The zero-order valence-electron chi connectivity index (χ0n) is 13.1. The summed E-state index contributed by atoms with van der Waals surface area (Å²) in [5, 5.41) is 3.35. The summed E-state index contributed by atoms with van der Waals surface area (Å²) in [6, 6.07) is 4.15. The fourth-order valence-electron chi connectivity index (χ4n) is 2.41. The summed E-state index contributed by atoms with van der Waals surface area (Å²) in [4.78, 5) is 1.12. The Hall–Kier alpha value is -0.430. The van der Waals surface area contributed by atoms with Crippen LogP contribution < -0.4 is 5.32 Å². The van der Waals surface area contributed by atoms with Crippen LogP contribution in [0.25, 0.3) is 0 Å². The van der Waals surface area contributed by atoms with Gasteiger partial charge in [0.15, 0.2) is 0 Å². The normalized spacial score (nSPS) is 16.6. The van der Waals surface area contributed by atoms with Crippen molar-refractivity contribution in [2.45, 2.75) is 49.8 Å². The molecule has 4 nitrogen and oxygen atoms in total. The first-order valence-electron chi connectivity index (χ1n) is 7.68. The van der Waals surface area contributed by atoms with E-state index in [0.717, 1.165) is 30.7 Å². The number of hydrogen-bond donors (Lipinski definition) is 1. The van der Waals surface area contributed by atoms with Gasteiger partial charge in [-0.05, 0) is 37.3 Å². The van der Waals surface area contributed by atoms with Crippen LogP contribution in [-0.4, -0.2) is 38.9 Å². The SMILES string of the molecule is CC(C)NCCc1ccc(S(=O)(=O)N(C)CC2CCC2)s1. The molecule has 0 radical (unpaired) electrons. The summed E-state index contributed by atoms with van der Waals surface area (Å²) < 4.78 is 27.0. The molecule has 0 spiro atoms. The van der Waals surface area contributed by atoms with E-state index in [1.165, 1.54) is 22.1 Å². The molecule has 0 saturated heterocycles. The summed E-state index contributed by atoms with van der Waals surface area (Å²) in [5.74, 6) is 0.555. The van der Waals surface area contributed by atoms with Gasteiger partial charge in [0.2, 0.25) is 0 Å². The lowest BCUT2D eigenvalue weighted by Gasteiger charge is -2.29. The standard InChI is InChI=1S/C15H26N2O2S2/c1-12(2)16-10-9-14-7-8-15(20-14)21(18,19)17(3)11-13-5-4-6-13/h7-8,12-13,16H,4-6,9-11H2,1-3H3. The van der Waals surface area contributed by atoms with E-state index in [0.29, 0.717) is 22.7 Å². The van der Waals surface area contributed by atoms with Crippen LogP contribution in [0.4, 0.5) is 0 Å². The quantitative estimate of drug-likeness (QED) is 0.797. The second-order valence-corrected chi connectivity index (χ2v) is 9.60. The minimum Gasteiger partial charge on any atom is -0.314 e. The number of sulfonamides is 1. The molecule has 0 amide bonds. The average Bonchev–Trinajstić information content (AvgIpc) is 2.82. The van der Waals surface area contributed by atoms with Crippen molar-refractivity contribution >= 4 is 21.4 Å². The predicted octanol–water partition coefficient (Wildman–Crippen LogP) is 2.71. The van der Waals surface area contributed by atoms with Gasteiger partial charge in [0, 0.05) is 31.1 Å². The van der Waals surface area contributed by atoms with Crippen LogP contribution in [0.1, 0.15) is 38.0 Å². The van der Waals surface area contributed by atoms with Gasteiger partial charge in [-0.25, -0.2) is 8.42 Å². The molecule has 0 aliphatic heterocycles. The summed E-state index contributed by atoms with van der Waals surface area (Å²) in [6.45, 7) is 5.76. The van der Waals surface area contributed by atoms with Gasteiger partial charge >= 0.3 is 0 Å². The summed E-state index contributed by atoms with van der Waals surface area (Å²) in [5.41, 5.74) is 0. The van der Waals surface area contributed by atoms with Crippen LogP contribution in [0.3, 0.4) is 0 Å². The van der Waals surface area contributed by atoms with Crippen LogP contribution in [0.15, 0.2) is 16.3 Å². The molecule has 1 fully saturated rings. The topological polar surface area (TPSA) is 49.4 Å². The second-order valence-electron chi connectivity index (χ2n) is 6.16. The molecule has 6 heteroatoms. The van der Waals surface area contributed by atoms with Crippen LogP contribution >= 0.6 is 11.3 Å². The minimum absolute atomic E-state index is 0.460. The van der Waals surface area contributed by atoms with Gasteiger partial charge in [0.25, 0.3) is 10.0 Å².